The van der Waals surface area contributed by atoms with E-state index in [1.807, 2.05) is 6.20 Å². The van der Waals surface area contributed by atoms with Crippen molar-refractivity contribution in [2.75, 3.05) is 0 Å². The molecule has 1 atom stereocenters. The van der Waals surface area contributed by atoms with Crippen molar-refractivity contribution < 1.29 is 0 Å². The fourth-order valence-corrected chi connectivity index (χ4v) is 1.94. The SMILES string of the molecule is C=C(C)[C@@H]1CC=C(C)c2cn[nH]c2C1. The highest BCUT2D eigenvalue weighted by molar-refractivity contribution is 5.65. The third-order valence-electron chi connectivity index (χ3n) is 3.00. The number of aromatic nitrogens is 2. The van der Waals surface area contributed by atoms with Gasteiger partial charge >= 0.3 is 0 Å². The number of allylic oxidation sites excluding steroid dienone is 3. The zero-order valence-corrected chi connectivity index (χ0v) is 8.80. The number of hydrogen-bond donors (Lipinski definition) is 1. The fraction of sp³-hybridized carbons (Fsp3) is 0.417. The van der Waals surface area contributed by atoms with Crippen LogP contribution >= 0.6 is 0 Å². The molecule has 1 aliphatic carbocycles. The number of H-pyrrole nitrogens is 1. The van der Waals surface area contributed by atoms with Crippen LogP contribution in [0.5, 0.6) is 0 Å². The number of nitrogens with one attached hydrogen (secondary N) is 1. The van der Waals surface area contributed by atoms with Crippen molar-refractivity contribution in [3.05, 3.63) is 35.7 Å². The van der Waals surface area contributed by atoms with Gasteiger partial charge in [0.05, 0.1) is 6.20 Å². The van der Waals surface area contributed by atoms with Crippen molar-refractivity contribution in [3.8, 4) is 0 Å². The van der Waals surface area contributed by atoms with Crippen molar-refractivity contribution in [2.24, 2.45) is 5.92 Å². The molecule has 0 radical (unpaired) electrons. The summed E-state index contributed by atoms with van der Waals surface area (Å²) in [6.07, 6.45) is 6.35. The third kappa shape index (κ3) is 1.52. The van der Waals surface area contributed by atoms with Gasteiger partial charge in [0.25, 0.3) is 0 Å². The second-order valence-corrected chi connectivity index (χ2v) is 4.13. The Morgan fingerprint density at radius 2 is 2.43 bits per heavy atom. The molecule has 2 rings (SSSR count). The molecule has 0 unspecified atom stereocenters. The van der Waals surface area contributed by atoms with Gasteiger partial charge < -0.3 is 0 Å². The minimum Gasteiger partial charge on any atom is -0.282 e. The minimum absolute atomic E-state index is 0.562. The zero-order valence-electron chi connectivity index (χ0n) is 8.80. The van der Waals surface area contributed by atoms with Gasteiger partial charge in [0.1, 0.15) is 0 Å². The molecule has 1 heterocycles. The number of fused-ring (bicyclic) bond motifs is 1. The summed E-state index contributed by atoms with van der Waals surface area (Å²) in [6, 6.07) is 0. The highest BCUT2D eigenvalue weighted by atomic mass is 15.1. The average Bonchev–Trinajstić information content (AvgIpc) is 2.53. The van der Waals surface area contributed by atoms with Crippen LogP contribution in [-0.2, 0) is 6.42 Å². The number of nitrogens with zero attached hydrogens (tertiary/aromatic N) is 1. The number of rotatable bonds is 1. The minimum atomic E-state index is 0.562. The van der Waals surface area contributed by atoms with E-state index in [1.54, 1.807) is 0 Å². The molecule has 0 spiro atoms. The van der Waals surface area contributed by atoms with E-state index in [-0.39, 0.29) is 0 Å². The molecule has 14 heavy (non-hydrogen) atoms. The van der Waals surface area contributed by atoms with Crippen LogP contribution in [0.25, 0.3) is 5.57 Å². The molecule has 1 N–H and O–H groups in total. The smallest absolute Gasteiger partial charge is 0.0565 e. The topological polar surface area (TPSA) is 28.7 Å². The van der Waals surface area contributed by atoms with Crippen LogP contribution in [0.3, 0.4) is 0 Å². The molecule has 0 fully saturated rings. The predicted octanol–water partition coefficient (Wildman–Crippen LogP) is 2.95. The molecule has 1 aromatic rings. The van der Waals surface area contributed by atoms with Gasteiger partial charge in [-0.05, 0) is 38.2 Å². The van der Waals surface area contributed by atoms with E-state index in [0.29, 0.717) is 5.92 Å². The Morgan fingerprint density at radius 1 is 1.64 bits per heavy atom. The molecule has 0 bridgehead atoms. The van der Waals surface area contributed by atoms with Crippen LogP contribution in [0.1, 0.15) is 31.5 Å². The molecule has 74 valence electrons. The summed E-state index contributed by atoms with van der Waals surface area (Å²) in [5.74, 6) is 0.562. The van der Waals surface area contributed by atoms with E-state index in [9.17, 15) is 0 Å². The zero-order chi connectivity index (χ0) is 10.1. The highest BCUT2D eigenvalue weighted by Crippen LogP contribution is 2.29. The average molecular weight is 188 g/mol. The lowest BCUT2D eigenvalue weighted by atomic mass is 9.94. The van der Waals surface area contributed by atoms with Crippen LogP contribution in [-0.4, -0.2) is 10.2 Å². The van der Waals surface area contributed by atoms with Crippen LogP contribution in [0.2, 0.25) is 0 Å². The monoisotopic (exact) mass is 188 g/mol. The lowest BCUT2D eigenvalue weighted by Gasteiger charge is -2.12. The molecule has 2 nitrogen and oxygen atoms in total. The molecule has 0 amide bonds. The third-order valence-corrected chi connectivity index (χ3v) is 3.00. The molecule has 0 saturated heterocycles. The predicted molar refractivity (Wildman–Crippen MR) is 58.9 cm³/mol. The Bertz CT molecular complexity index is 385. The summed E-state index contributed by atoms with van der Waals surface area (Å²) in [7, 11) is 0. The molecule has 0 saturated carbocycles. The first kappa shape index (κ1) is 9.25. The molecule has 1 aromatic heterocycles. The number of hydrogen-bond acceptors (Lipinski definition) is 1. The van der Waals surface area contributed by atoms with Gasteiger partial charge in [-0.25, -0.2) is 0 Å². The van der Waals surface area contributed by atoms with Crippen molar-refractivity contribution in [1.29, 1.82) is 0 Å². The molecule has 0 aliphatic heterocycles. The van der Waals surface area contributed by atoms with E-state index in [4.69, 9.17) is 0 Å². The van der Waals surface area contributed by atoms with Gasteiger partial charge in [-0.3, -0.25) is 5.10 Å². The van der Waals surface area contributed by atoms with Gasteiger partial charge in [-0.1, -0.05) is 18.2 Å². The lowest BCUT2D eigenvalue weighted by Crippen LogP contribution is -2.04. The van der Waals surface area contributed by atoms with E-state index in [1.165, 1.54) is 22.4 Å². The van der Waals surface area contributed by atoms with Crippen molar-refractivity contribution in [3.63, 3.8) is 0 Å². The van der Waals surface area contributed by atoms with Crippen LogP contribution < -0.4 is 0 Å². The summed E-state index contributed by atoms with van der Waals surface area (Å²) in [5.41, 5.74) is 5.12. The maximum Gasteiger partial charge on any atom is 0.0565 e. The largest absolute Gasteiger partial charge is 0.282 e. The van der Waals surface area contributed by atoms with Gasteiger partial charge in [-0.2, -0.15) is 5.10 Å². The standard InChI is InChI=1S/C12H16N2/c1-8(2)10-5-4-9(3)11-7-13-14-12(11)6-10/h4,7,10H,1,5-6H2,2-3H3,(H,13,14)/t10-/m1/s1. The van der Waals surface area contributed by atoms with Crippen LogP contribution in [0, 0.1) is 5.92 Å². The van der Waals surface area contributed by atoms with E-state index in [2.05, 4.69) is 36.7 Å². The van der Waals surface area contributed by atoms with E-state index >= 15 is 0 Å². The molecule has 2 heteroatoms. The fourth-order valence-electron chi connectivity index (χ4n) is 1.94. The van der Waals surface area contributed by atoms with E-state index < -0.39 is 0 Å². The van der Waals surface area contributed by atoms with Gasteiger partial charge in [0.15, 0.2) is 0 Å². The maximum atomic E-state index is 4.09. The summed E-state index contributed by atoms with van der Waals surface area (Å²) < 4.78 is 0. The molecule has 0 aromatic carbocycles. The second kappa shape index (κ2) is 3.45. The van der Waals surface area contributed by atoms with Gasteiger partial charge in [-0.15, -0.1) is 0 Å². The Kier molecular flexibility index (Phi) is 2.28. The summed E-state index contributed by atoms with van der Waals surface area (Å²) in [6.45, 7) is 8.29. The molecular weight excluding hydrogens is 172 g/mol. The second-order valence-electron chi connectivity index (χ2n) is 4.13. The van der Waals surface area contributed by atoms with Crippen LogP contribution in [0.15, 0.2) is 24.4 Å². The number of aromatic amines is 1. The van der Waals surface area contributed by atoms with Gasteiger partial charge in [0, 0.05) is 11.3 Å². The molecular formula is C12H16N2. The van der Waals surface area contributed by atoms with E-state index in [0.717, 1.165) is 12.8 Å². The van der Waals surface area contributed by atoms with Crippen molar-refractivity contribution in [1.82, 2.24) is 10.2 Å². The maximum absolute atomic E-state index is 4.09. The summed E-state index contributed by atoms with van der Waals surface area (Å²) in [4.78, 5) is 0. The first-order valence-electron chi connectivity index (χ1n) is 5.03. The Labute approximate surface area is 84.7 Å². The summed E-state index contributed by atoms with van der Waals surface area (Å²) >= 11 is 0. The van der Waals surface area contributed by atoms with Crippen LogP contribution in [0.4, 0.5) is 0 Å². The first-order chi connectivity index (χ1) is 6.68. The Hall–Kier alpha value is -1.31. The van der Waals surface area contributed by atoms with Crippen molar-refractivity contribution in [2.45, 2.75) is 26.7 Å². The van der Waals surface area contributed by atoms with Crippen molar-refractivity contribution >= 4 is 5.57 Å². The first-order valence-corrected chi connectivity index (χ1v) is 5.03. The normalized spacial score (nSPS) is 21.0. The highest BCUT2D eigenvalue weighted by Gasteiger charge is 2.17. The quantitative estimate of drug-likeness (QED) is 0.674. The lowest BCUT2D eigenvalue weighted by molar-refractivity contribution is 0.614. The molecule has 1 aliphatic rings. The Morgan fingerprint density at radius 3 is 3.14 bits per heavy atom. The summed E-state index contributed by atoms with van der Waals surface area (Å²) in [5, 5.41) is 7.18. The van der Waals surface area contributed by atoms with Gasteiger partial charge in [0.2, 0.25) is 0 Å². The Balaban J connectivity index is 2.37.